The highest BCUT2D eigenvalue weighted by Crippen LogP contribution is 2.26. The van der Waals surface area contributed by atoms with Crippen LogP contribution >= 0.6 is 0 Å². The Labute approximate surface area is 118 Å². The van der Waals surface area contributed by atoms with Crippen molar-refractivity contribution in [3.63, 3.8) is 0 Å². The molecule has 5 heteroatoms. The third kappa shape index (κ3) is 5.38. The first-order valence-electron chi connectivity index (χ1n) is 6.56. The smallest absolute Gasteiger partial charge is 0.303 e. The molecular weight excluding hydrogens is 261 g/mol. The van der Waals surface area contributed by atoms with Gasteiger partial charge >= 0.3 is 5.97 Å². The van der Waals surface area contributed by atoms with E-state index in [1.807, 2.05) is 13.8 Å². The molecule has 0 spiro atoms. The zero-order valence-corrected chi connectivity index (χ0v) is 11.8. The van der Waals surface area contributed by atoms with E-state index in [-0.39, 0.29) is 17.4 Å². The number of carbonyl (C=O) groups excluding carboxylic acids is 1. The molecule has 20 heavy (non-hydrogen) atoms. The van der Waals surface area contributed by atoms with Crippen LogP contribution in [0, 0.1) is 11.2 Å². The summed E-state index contributed by atoms with van der Waals surface area (Å²) < 4.78 is 13.4. The lowest BCUT2D eigenvalue weighted by Crippen LogP contribution is -2.29. The summed E-state index contributed by atoms with van der Waals surface area (Å²) >= 11 is 0. The van der Waals surface area contributed by atoms with Crippen LogP contribution in [0.25, 0.3) is 0 Å². The highest BCUT2D eigenvalue weighted by molar-refractivity contribution is 5.94. The topological polar surface area (TPSA) is 66.4 Å². The van der Waals surface area contributed by atoms with Gasteiger partial charge in [-0.15, -0.1) is 0 Å². The van der Waals surface area contributed by atoms with Gasteiger partial charge in [0, 0.05) is 13.0 Å². The molecule has 0 fully saturated rings. The fourth-order valence-electron chi connectivity index (χ4n) is 1.83. The van der Waals surface area contributed by atoms with Crippen LogP contribution < -0.4 is 5.32 Å². The lowest BCUT2D eigenvalue weighted by Gasteiger charge is -2.23. The molecule has 4 nitrogen and oxygen atoms in total. The molecule has 110 valence electrons. The van der Waals surface area contributed by atoms with Gasteiger partial charge in [0.25, 0.3) is 5.91 Å². The number of hydrogen-bond acceptors (Lipinski definition) is 2. The summed E-state index contributed by atoms with van der Waals surface area (Å²) in [4.78, 5) is 22.3. The minimum atomic E-state index is -0.825. The summed E-state index contributed by atoms with van der Waals surface area (Å²) in [7, 11) is 0. The van der Waals surface area contributed by atoms with E-state index >= 15 is 0 Å². The Morgan fingerprint density at radius 3 is 2.50 bits per heavy atom. The fraction of sp³-hybridized carbons (Fsp3) is 0.467. The maximum atomic E-state index is 13.4. The Balaban J connectivity index is 2.42. The second-order valence-electron chi connectivity index (χ2n) is 5.54. The van der Waals surface area contributed by atoms with Crippen molar-refractivity contribution in [2.75, 3.05) is 6.54 Å². The van der Waals surface area contributed by atoms with Crippen molar-refractivity contribution < 1.29 is 19.1 Å². The van der Waals surface area contributed by atoms with Crippen molar-refractivity contribution in [2.45, 2.75) is 33.1 Å². The van der Waals surface area contributed by atoms with Gasteiger partial charge in [0.05, 0.1) is 5.56 Å². The van der Waals surface area contributed by atoms with E-state index in [1.165, 1.54) is 18.2 Å². The van der Waals surface area contributed by atoms with Gasteiger partial charge in [-0.3, -0.25) is 9.59 Å². The van der Waals surface area contributed by atoms with E-state index in [0.29, 0.717) is 19.4 Å². The van der Waals surface area contributed by atoms with Crippen LogP contribution in [0.3, 0.4) is 0 Å². The van der Waals surface area contributed by atoms with E-state index in [2.05, 4.69) is 5.32 Å². The van der Waals surface area contributed by atoms with Crippen molar-refractivity contribution in [1.82, 2.24) is 5.32 Å². The van der Waals surface area contributed by atoms with Crippen molar-refractivity contribution in [3.05, 3.63) is 35.6 Å². The first kappa shape index (κ1) is 16.1. The van der Waals surface area contributed by atoms with E-state index in [4.69, 9.17) is 5.11 Å². The van der Waals surface area contributed by atoms with Crippen LogP contribution in [0.2, 0.25) is 0 Å². The molecule has 0 atom stereocenters. The summed E-state index contributed by atoms with van der Waals surface area (Å²) in [5.41, 5.74) is -0.156. The van der Waals surface area contributed by atoms with E-state index in [0.717, 1.165) is 0 Å². The molecule has 0 unspecified atom stereocenters. The van der Waals surface area contributed by atoms with Gasteiger partial charge in [-0.1, -0.05) is 26.0 Å². The molecule has 0 aliphatic rings. The average Bonchev–Trinajstić information content (AvgIpc) is 2.37. The Morgan fingerprint density at radius 2 is 1.90 bits per heavy atom. The number of benzene rings is 1. The minimum Gasteiger partial charge on any atom is -0.481 e. The highest BCUT2D eigenvalue weighted by atomic mass is 19.1. The lowest BCUT2D eigenvalue weighted by molar-refractivity contribution is -0.137. The standard InChI is InChI=1S/C15H20FNO3/c1-15(2,8-7-13(18)19)9-10-17-14(20)11-5-3-4-6-12(11)16/h3-6H,7-10H2,1-2H3,(H,17,20)(H,18,19). The molecule has 1 rings (SSSR count). The molecule has 1 amide bonds. The summed E-state index contributed by atoms with van der Waals surface area (Å²) in [5.74, 6) is -1.82. The van der Waals surface area contributed by atoms with Crippen molar-refractivity contribution in [3.8, 4) is 0 Å². The van der Waals surface area contributed by atoms with Gasteiger partial charge in [0.2, 0.25) is 0 Å². The van der Waals surface area contributed by atoms with Gasteiger partial charge in [-0.2, -0.15) is 0 Å². The SMILES string of the molecule is CC(C)(CCNC(=O)c1ccccc1F)CCC(=O)O. The molecule has 0 saturated heterocycles. The van der Waals surface area contributed by atoms with Crippen molar-refractivity contribution in [1.29, 1.82) is 0 Å². The zero-order chi connectivity index (χ0) is 15.2. The van der Waals surface area contributed by atoms with E-state index < -0.39 is 17.7 Å². The summed E-state index contributed by atoms with van der Waals surface area (Å²) in [6, 6.07) is 5.81. The van der Waals surface area contributed by atoms with E-state index in [1.54, 1.807) is 6.07 Å². The minimum absolute atomic E-state index is 0.0239. The van der Waals surface area contributed by atoms with Gasteiger partial charge in [0.1, 0.15) is 5.82 Å². The second kappa shape index (κ2) is 7.03. The van der Waals surface area contributed by atoms with Crippen LogP contribution in [-0.2, 0) is 4.79 Å². The Morgan fingerprint density at radius 1 is 1.25 bits per heavy atom. The largest absolute Gasteiger partial charge is 0.481 e. The second-order valence-corrected chi connectivity index (χ2v) is 5.54. The number of hydrogen-bond donors (Lipinski definition) is 2. The Kier molecular flexibility index (Phi) is 5.67. The molecule has 1 aromatic carbocycles. The van der Waals surface area contributed by atoms with E-state index in [9.17, 15) is 14.0 Å². The number of carbonyl (C=O) groups is 2. The first-order valence-corrected chi connectivity index (χ1v) is 6.56. The number of nitrogens with one attached hydrogen (secondary N) is 1. The normalized spacial score (nSPS) is 11.2. The van der Waals surface area contributed by atoms with Crippen LogP contribution in [0.4, 0.5) is 4.39 Å². The molecule has 0 bridgehead atoms. The molecule has 2 N–H and O–H groups in total. The summed E-state index contributed by atoms with van der Waals surface area (Å²) in [5, 5.41) is 11.3. The van der Waals surface area contributed by atoms with Gasteiger partial charge in [-0.25, -0.2) is 4.39 Å². The maximum absolute atomic E-state index is 13.4. The van der Waals surface area contributed by atoms with Crippen molar-refractivity contribution in [2.24, 2.45) is 5.41 Å². The Bertz CT molecular complexity index is 486. The molecule has 0 aliphatic heterocycles. The molecule has 0 radical (unpaired) electrons. The lowest BCUT2D eigenvalue weighted by atomic mass is 9.84. The summed E-state index contributed by atoms with van der Waals surface area (Å²) in [6.45, 7) is 4.29. The number of aliphatic carboxylic acids is 1. The van der Waals surface area contributed by atoms with Crippen LogP contribution in [0.15, 0.2) is 24.3 Å². The van der Waals surface area contributed by atoms with Crippen LogP contribution in [0.5, 0.6) is 0 Å². The van der Waals surface area contributed by atoms with Gasteiger partial charge in [-0.05, 0) is 30.4 Å². The highest BCUT2D eigenvalue weighted by Gasteiger charge is 2.19. The quantitative estimate of drug-likeness (QED) is 0.807. The average molecular weight is 281 g/mol. The Hall–Kier alpha value is -1.91. The summed E-state index contributed by atoms with van der Waals surface area (Å²) in [6.07, 6.45) is 1.28. The number of carboxylic acids is 1. The molecular formula is C15H20FNO3. The molecule has 0 saturated carbocycles. The first-order chi connectivity index (χ1) is 9.32. The van der Waals surface area contributed by atoms with Crippen LogP contribution in [0.1, 0.15) is 43.5 Å². The molecule has 0 aliphatic carbocycles. The van der Waals surface area contributed by atoms with Crippen LogP contribution in [-0.4, -0.2) is 23.5 Å². The zero-order valence-electron chi connectivity index (χ0n) is 11.8. The maximum Gasteiger partial charge on any atom is 0.303 e. The fourth-order valence-corrected chi connectivity index (χ4v) is 1.83. The predicted molar refractivity (Wildman–Crippen MR) is 74.0 cm³/mol. The third-order valence-electron chi connectivity index (χ3n) is 3.22. The number of carboxylic acid groups (broad SMARTS) is 1. The monoisotopic (exact) mass is 281 g/mol. The van der Waals surface area contributed by atoms with Gasteiger partial charge in [0.15, 0.2) is 0 Å². The molecule has 1 aromatic rings. The third-order valence-corrected chi connectivity index (χ3v) is 3.22. The predicted octanol–water partition coefficient (Wildman–Crippen LogP) is 2.84. The van der Waals surface area contributed by atoms with Crippen molar-refractivity contribution >= 4 is 11.9 Å². The number of rotatable bonds is 7. The molecule has 0 aromatic heterocycles. The number of halogens is 1. The van der Waals surface area contributed by atoms with Gasteiger partial charge < -0.3 is 10.4 Å². The number of amides is 1. The molecule has 0 heterocycles.